The van der Waals surface area contributed by atoms with Gasteiger partial charge in [-0.15, -0.1) is 0 Å². The van der Waals surface area contributed by atoms with Crippen LogP contribution in [0, 0.1) is 5.92 Å². The lowest BCUT2D eigenvalue weighted by atomic mass is 9.99. The van der Waals surface area contributed by atoms with E-state index in [0.717, 1.165) is 42.6 Å². The van der Waals surface area contributed by atoms with Crippen molar-refractivity contribution in [3.8, 4) is 22.8 Å². The topological polar surface area (TPSA) is 116 Å². The number of hydrogen-bond acceptors (Lipinski definition) is 6. The number of amides is 1. The van der Waals surface area contributed by atoms with E-state index in [0.29, 0.717) is 50.1 Å². The zero-order valence-corrected chi connectivity index (χ0v) is 21.7. The van der Waals surface area contributed by atoms with Gasteiger partial charge < -0.3 is 29.2 Å². The highest BCUT2D eigenvalue weighted by Crippen LogP contribution is 2.49. The highest BCUT2D eigenvalue weighted by Gasteiger charge is 2.32. The minimum absolute atomic E-state index is 0.141. The lowest BCUT2D eigenvalue weighted by molar-refractivity contribution is 0.0693. The van der Waals surface area contributed by atoms with Crippen LogP contribution in [0.3, 0.4) is 0 Å². The molecule has 2 aliphatic rings. The number of nitrogens with zero attached hydrogens (tertiary/aromatic N) is 1. The quantitative estimate of drug-likeness (QED) is 0.408. The van der Waals surface area contributed by atoms with Gasteiger partial charge >= 0.3 is 12.1 Å². The number of aromatic carboxylic acids is 1. The van der Waals surface area contributed by atoms with Crippen molar-refractivity contribution >= 4 is 12.1 Å². The number of unbranched alkanes of at least 4 members (excludes halogenated alkanes) is 1. The summed E-state index contributed by atoms with van der Waals surface area (Å²) in [7, 11) is 0. The molecule has 0 bridgehead atoms. The molecule has 1 amide bonds. The van der Waals surface area contributed by atoms with E-state index in [-0.39, 0.29) is 17.5 Å². The Morgan fingerprint density at radius 2 is 1.97 bits per heavy atom. The predicted molar refractivity (Wildman–Crippen MR) is 139 cm³/mol. The Morgan fingerprint density at radius 3 is 2.65 bits per heavy atom. The van der Waals surface area contributed by atoms with Crippen molar-refractivity contribution in [2.45, 2.75) is 64.8 Å². The van der Waals surface area contributed by atoms with Crippen LogP contribution in [-0.4, -0.2) is 48.1 Å². The van der Waals surface area contributed by atoms with E-state index in [4.69, 9.17) is 14.2 Å². The summed E-state index contributed by atoms with van der Waals surface area (Å²) < 4.78 is 19.3. The van der Waals surface area contributed by atoms with E-state index >= 15 is 0 Å². The summed E-state index contributed by atoms with van der Waals surface area (Å²) >= 11 is 0. The first-order chi connectivity index (χ1) is 17.8. The van der Waals surface area contributed by atoms with Crippen LogP contribution in [0.2, 0.25) is 0 Å². The van der Waals surface area contributed by atoms with Gasteiger partial charge in [-0.3, -0.25) is 4.79 Å². The highest BCUT2D eigenvalue weighted by molar-refractivity contribution is 5.88. The zero-order valence-electron chi connectivity index (χ0n) is 21.7. The van der Waals surface area contributed by atoms with Crippen molar-refractivity contribution in [3.63, 3.8) is 0 Å². The molecule has 1 aliphatic heterocycles. The highest BCUT2D eigenvalue weighted by atomic mass is 16.5. The fraction of sp³-hybridized carbons (Fsp3) is 0.536. The molecule has 1 aromatic heterocycles. The molecule has 1 aromatic carbocycles. The number of benzene rings is 1. The molecule has 1 fully saturated rings. The lowest BCUT2D eigenvalue weighted by Crippen LogP contribution is -2.26. The van der Waals surface area contributed by atoms with Crippen LogP contribution in [0.1, 0.15) is 80.8 Å². The van der Waals surface area contributed by atoms with E-state index in [1.807, 2.05) is 37.5 Å². The molecule has 0 saturated heterocycles. The third kappa shape index (κ3) is 6.26. The maximum atomic E-state index is 12.7. The number of nitrogens with one attached hydrogen (secondary N) is 1. The summed E-state index contributed by atoms with van der Waals surface area (Å²) in [6, 6.07) is 5.19. The molecule has 2 heterocycles. The van der Waals surface area contributed by atoms with Crippen LogP contribution in [-0.2, 0) is 4.74 Å². The van der Waals surface area contributed by atoms with Gasteiger partial charge in [0.05, 0.1) is 24.9 Å². The fourth-order valence-electron chi connectivity index (χ4n) is 4.51. The predicted octanol–water partition coefficient (Wildman–Crippen LogP) is 4.98. The Labute approximate surface area is 216 Å². The number of aromatic nitrogens is 1. The Morgan fingerprint density at radius 1 is 1.19 bits per heavy atom. The Hall–Kier alpha value is -3.49. The average molecular weight is 513 g/mol. The summed E-state index contributed by atoms with van der Waals surface area (Å²) in [6.07, 6.45) is 5.59. The second-order valence-electron chi connectivity index (χ2n) is 10.1. The second-order valence-corrected chi connectivity index (χ2v) is 10.1. The molecule has 200 valence electrons. The molecular formula is C28H36N2O7. The molecule has 9 nitrogen and oxygen atoms in total. The number of carboxylic acids is 1. The van der Waals surface area contributed by atoms with E-state index in [9.17, 15) is 19.5 Å². The van der Waals surface area contributed by atoms with Crippen LogP contribution in [0.5, 0.6) is 11.5 Å². The van der Waals surface area contributed by atoms with Gasteiger partial charge in [-0.1, -0.05) is 27.2 Å². The molecule has 1 atom stereocenters. The lowest BCUT2D eigenvalue weighted by Gasteiger charge is -2.24. The normalized spacial score (nSPS) is 16.3. The number of carboxylic acid groups (broad SMARTS) is 1. The maximum Gasteiger partial charge on any atom is 0.407 e. The van der Waals surface area contributed by atoms with Gasteiger partial charge in [-0.2, -0.15) is 0 Å². The molecule has 0 spiro atoms. The number of fused-ring (bicyclic) bond motifs is 3. The van der Waals surface area contributed by atoms with E-state index in [1.165, 1.54) is 12.3 Å². The monoisotopic (exact) mass is 512 g/mol. The number of ether oxygens (including phenoxy) is 3. The van der Waals surface area contributed by atoms with E-state index in [2.05, 4.69) is 5.32 Å². The van der Waals surface area contributed by atoms with Crippen LogP contribution in [0.25, 0.3) is 11.3 Å². The van der Waals surface area contributed by atoms with Crippen molar-refractivity contribution in [2.75, 3.05) is 26.4 Å². The second kappa shape index (κ2) is 11.7. The number of rotatable bonds is 11. The SMILES string of the molecule is CCCCOC(=O)NCCCOc1cc2c(cc1C1CC1)-c1cc(=O)c(C(=O)O)cn1[C@H](C(C)C)CO2. The van der Waals surface area contributed by atoms with Gasteiger partial charge in [-0.25, -0.2) is 9.59 Å². The van der Waals surface area contributed by atoms with Crippen molar-refractivity contribution in [2.24, 2.45) is 5.92 Å². The molecule has 9 heteroatoms. The zero-order chi connectivity index (χ0) is 26.5. The minimum Gasteiger partial charge on any atom is -0.493 e. The average Bonchev–Trinajstić information content (AvgIpc) is 3.70. The molecule has 4 rings (SSSR count). The molecule has 0 unspecified atom stereocenters. The summed E-state index contributed by atoms with van der Waals surface area (Å²) in [6.45, 7) is 7.76. The van der Waals surface area contributed by atoms with Gasteiger partial charge in [-0.05, 0) is 49.1 Å². The molecule has 0 radical (unpaired) electrons. The van der Waals surface area contributed by atoms with Gasteiger partial charge in [0.15, 0.2) is 5.43 Å². The number of alkyl carbamates (subject to hydrolysis) is 1. The third-order valence-corrected chi connectivity index (χ3v) is 6.83. The summed E-state index contributed by atoms with van der Waals surface area (Å²) in [5, 5.41) is 12.3. The molecule has 37 heavy (non-hydrogen) atoms. The molecule has 2 N–H and O–H groups in total. The number of carbonyl (C=O) groups excluding carboxylic acids is 1. The van der Waals surface area contributed by atoms with Gasteiger partial charge in [0.1, 0.15) is 23.7 Å². The standard InChI is InChI=1S/C28H36N2O7/c1-4-5-10-36-28(34)29-9-6-11-35-25-14-26-20(12-19(25)18-7-8-18)22-13-24(31)21(27(32)33)15-30(22)23(16-37-26)17(2)3/h12-15,17-18,23H,4-11,16H2,1-3H3,(H,29,34)(H,32,33)/t23-/m0/s1. The Balaban J connectivity index is 1.56. The Kier molecular flexibility index (Phi) is 8.41. The fourth-order valence-corrected chi connectivity index (χ4v) is 4.51. The maximum absolute atomic E-state index is 12.7. The van der Waals surface area contributed by atoms with Crippen LogP contribution >= 0.6 is 0 Å². The van der Waals surface area contributed by atoms with Crippen molar-refractivity contribution in [1.82, 2.24) is 9.88 Å². The first-order valence-electron chi connectivity index (χ1n) is 13.1. The van der Waals surface area contributed by atoms with Crippen LogP contribution in [0.15, 0.2) is 29.2 Å². The van der Waals surface area contributed by atoms with E-state index in [1.54, 1.807) is 0 Å². The Bertz CT molecular complexity index is 1200. The smallest absolute Gasteiger partial charge is 0.407 e. The number of carbonyl (C=O) groups is 2. The van der Waals surface area contributed by atoms with Crippen LogP contribution < -0.4 is 20.2 Å². The molecule has 1 aliphatic carbocycles. The van der Waals surface area contributed by atoms with Crippen molar-refractivity contribution < 1.29 is 28.9 Å². The van der Waals surface area contributed by atoms with Gasteiger partial charge in [0.25, 0.3) is 0 Å². The summed E-state index contributed by atoms with van der Waals surface area (Å²) in [5.41, 5.74) is 1.70. The molecule has 1 saturated carbocycles. The van der Waals surface area contributed by atoms with E-state index < -0.39 is 17.5 Å². The van der Waals surface area contributed by atoms with Crippen LogP contribution in [0.4, 0.5) is 4.79 Å². The summed E-state index contributed by atoms with van der Waals surface area (Å²) in [5.74, 6) is 0.633. The number of pyridine rings is 1. The minimum atomic E-state index is -1.24. The van der Waals surface area contributed by atoms with Gasteiger partial charge in [0, 0.05) is 30.4 Å². The molecule has 2 aromatic rings. The molecular weight excluding hydrogens is 476 g/mol. The van der Waals surface area contributed by atoms with Gasteiger partial charge in [0.2, 0.25) is 0 Å². The first kappa shape index (κ1) is 26.6. The third-order valence-electron chi connectivity index (χ3n) is 6.83. The first-order valence-corrected chi connectivity index (χ1v) is 13.1. The summed E-state index contributed by atoms with van der Waals surface area (Å²) in [4.78, 5) is 36.0. The number of hydrogen-bond donors (Lipinski definition) is 2. The van der Waals surface area contributed by atoms with Crippen molar-refractivity contribution in [3.05, 3.63) is 45.7 Å². The largest absolute Gasteiger partial charge is 0.493 e. The van der Waals surface area contributed by atoms with Crippen molar-refractivity contribution in [1.29, 1.82) is 0 Å².